The van der Waals surface area contributed by atoms with E-state index in [1.54, 1.807) is 18.4 Å². The van der Waals surface area contributed by atoms with Gasteiger partial charge in [-0.3, -0.25) is 9.69 Å². The zero-order valence-corrected chi connectivity index (χ0v) is 16.8. The summed E-state index contributed by atoms with van der Waals surface area (Å²) in [5.41, 5.74) is 0. The van der Waals surface area contributed by atoms with Gasteiger partial charge >= 0.3 is 0 Å². The van der Waals surface area contributed by atoms with Crippen molar-refractivity contribution in [3.63, 3.8) is 0 Å². The van der Waals surface area contributed by atoms with E-state index in [9.17, 15) is 4.79 Å². The van der Waals surface area contributed by atoms with Gasteiger partial charge in [0.1, 0.15) is 0 Å². The molecule has 0 unspecified atom stereocenters. The second kappa shape index (κ2) is 9.96. The number of hydrogen-bond donors (Lipinski definition) is 1. The summed E-state index contributed by atoms with van der Waals surface area (Å²) < 4.78 is 10.9. The van der Waals surface area contributed by atoms with Crippen LogP contribution in [-0.4, -0.2) is 53.9 Å². The summed E-state index contributed by atoms with van der Waals surface area (Å²) in [6.07, 6.45) is 4.71. The van der Waals surface area contributed by atoms with Crippen molar-refractivity contribution >= 4 is 17.2 Å². The minimum Gasteiger partial charge on any atom is -0.419 e. The topological polar surface area (TPSA) is 80.5 Å². The fourth-order valence-electron chi connectivity index (χ4n) is 3.43. The third kappa shape index (κ3) is 5.85. The van der Waals surface area contributed by atoms with Crippen LogP contribution in [0.15, 0.2) is 21.9 Å². The van der Waals surface area contributed by atoms with Crippen LogP contribution in [0.4, 0.5) is 0 Å². The number of aromatic nitrogens is 2. The highest BCUT2D eigenvalue weighted by atomic mass is 32.1. The SMILES string of the molecule is COCCN(CC(=O)N[C@H]1CCCC[C@@H]1C)Cc1nnc(-c2cccs2)o1. The molecule has 2 heterocycles. The van der Waals surface area contributed by atoms with Gasteiger partial charge in [0.05, 0.1) is 24.6 Å². The summed E-state index contributed by atoms with van der Waals surface area (Å²) in [7, 11) is 1.66. The molecule has 3 rings (SSSR count). The molecule has 0 aromatic carbocycles. The minimum atomic E-state index is 0.0443. The van der Waals surface area contributed by atoms with Crippen molar-refractivity contribution in [3.8, 4) is 10.8 Å². The first-order valence-electron chi connectivity index (χ1n) is 9.52. The van der Waals surface area contributed by atoms with Crippen LogP contribution in [0.3, 0.4) is 0 Å². The molecule has 1 fully saturated rings. The van der Waals surface area contributed by atoms with E-state index in [0.717, 1.165) is 11.3 Å². The molecule has 0 saturated heterocycles. The number of nitrogens with one attached hydrogen (secondary N) is 1. The lowest BCUT2D eigenvalue weighted by molar-refractivity contribution is -0.123. The number of thiophene rings is 1. The Morgan fingerprint density at radius 3 is 3.00 bits per heavy atom. The van der Waals surface area contributed by atoms with Gasteiger partial charge in [0, 0.05) is 19.7 Å². The first kappa shape index (κ1) is 20.0. The normalized spacial score (nSPS) is 20.1. The van der Waals surface area contributed by atoms with E-state index < -0.39 is 0 Å². The zero-order valence-electron chi connectivity index (χ0n) is 16.0. The van der Waals surface area contributed by atoms with Crippen molar-refractivity contribution in [3.05, 3.63) is 23.4 Å². The Labute approximate surface area is 164 Å². The Morgan fingerprint density at radius 2 is 2.26 bits per heavy atom. The average Bonchev–Trinajstić information content (AvgIpc) is 3.33. The monoisotopic (exact) mass is 392 g/mol. The maximum absolute atomic E-state index is 12.6. The van der Waals surface area contributed by atoms with Crippen LogP contribution < -0.4 is 5.32 Å². The summed E-state index contributed by atoms with van der Waals surface area (Å²) in [4.78, 5) is 15.5. The highest BCUT2D eigenvalue weighted by Gasteiger charge is 2.24. The van der Waals surface area contributed by atoms with Crippen LogP contribution in [0.1, 0.15) is 38.5 Å². The van der Waals surface area contributed by atoms with Crippen LogP contribution in [-0.2, 0) is 16.1 Å². The molecule has 2 aromatic heterocycles. The zero-order chi connectivity index (χ0) is 19.1. The van der Waals surface area contributed by atoms with E-state index in [4.69, 9.17) is 9.15 Å². The van der Waals surface area contributed by atoms with Crippen molar-refractivity contribution in [2.24, 2.45) is 5.92 Å². The van der Waals surface area contributed by atoms with Gasteiger partial charge in [-0.1, -0.05) is 25.8 Å². The number of amides is 1. The van der Waals surface area contributed by atoms with Gasteiger partial charge in [-0.15, -0.1) is 21.5 Å². The van der Waals surface area contributed by atoms with E-state index in [1.165, 1.54) is 19.3 Å². The molecule has 0 bridgehead atoms. The van der Waals surface area contributed by atoms with Gasteiger partial charge in [0.2, 0.25) is 11.8 Å². The highest BCUT2D eigenvalue weighted by molar-refractivity contribution is 7.13. The Kier molecular flexibility index (Phi) is 7.37. The number of nitrogens with zero attached hydrogens (tertiary/aromatic N) is 3. The molecule has 1 amide bonds. The van der Waals surface area contributed by atoms with Crippen LogP contribution in [0.25, 0.3) is 10.8 Å². The molecule has 8 heteroatoms. The predicted octanol–water partition coefficient (Wildman–Crippen LogP) is 2.94. The summed E-state index contributed by atoms with van der Waals surface area (Å²) in [6.45, 7) is 4.11. The molecule has 27 heavy (non-hydrogen) atoms. The lowest BCUT2D eigenvalue weighted by Gasteiger charge is -2.30. The van der Waals surface area contributed by atoms with Crippen molar-refractivity contribution in [1.82, 2.24) is 20.4 Å². The first-order chi connectivity index (χ1) is 13.2. The molecule has 0 aliphatic heterocycles. The fourth-order valence-corrected chi connectivity index (χ4v) is 4.07. The maximum atomic E-state index is 12.6. The van der Waals surface area contributed by atoms with Crippen molar-refractivity contribution < 1.29 is 13.9 Å². The number of methoxy groups -OCH3 is 1. The number of ether oxygens (including phenoxy) is 1. The van der Waals surface area contributed by atoms with E-state index in [0.29, 0.717) is 43.9 Å². The third-order valence-corrected chi connectivity index (χ3v) is 5.85. The van der Waals surface area contributed by atoms with Gasteiger partial charge in [-0.25, -0.2) is 0 Å². The van der Waals surface area contributed by atoms with Crippen molar-refractivity contribution in [1.29, 1.82) is 0 Å². The summed E-state index contributed by atoms with van der Waals surface area (Å²) >= 11 is 1.56. The third-order valence-electron chi connectivity index (χ3n) is 4.99. The molecule has 0 radical (unpaired) electrons. The Bertz CT molecular complexity index is 704. The number of rotatable bonds is 9. The van der Waals surface area contributed by atoms with Gasteiger partial charge in [0.25, 0.3) is 5.89 Å². The summed E-state index contributed by atoms with van der Waals surface area (Å²) in [5.74, 6) is 1.61. The van der Waals surface area contributed by atoms with E-state index in [2.05, 4.69) is 22.4 Å². The standard InChI is InChI=1S/C19H28N4O3S/c1-14-6-3-4-7-15(14)20-17(24)12-23(9-10-25-2)13-18-21-22-19(26-18)16-8-5-11-27-16/h5,8,11,14-15H,3-4,6-7,9-10,12-13H2,1-2H3,(H,20,24)/t14-,15-/m0/s1. The van der Waals surface area contributed by atoms with Gasteiger partial charge in [-0.05, 0) is 30.2 Å². The Hall–Kier alpha value is -1.77. The van der Waals surface area contributed by atoms with Gasteiger partial charge < -0.3 is 14.5 Å². The number of carbonyl (C=O) groups is 1. The van der Waals surface area contributed by atoms with Crippen LogP contribution in [0.5, 0.6) is 0 Å². The smallest absolute Gasteiger partial charge is 0.257 e. The first-order valence-corrected chi connectivity index (χ1v) is 10.4. The molecular formula is C19H28N4O3S. The molecule has 1 aliphatic rings. The average molecular weight is 393 g/mol. The number of hydrogen-bond acceptors (Lipinski definition) is 7. The van der Waals surface area contributed by atoms with Gasteiger partial charge in [-0.2, -0.15) is 0 Å². The van der Waals surface area contributed by atoms with Gasteiger partial charge in [0.15, 0.2) is 0 Å². The van der Waals surface area contributed by atoms with E-state index in [1.807, 2.05) is 22.4 Å². The minimum absolute atomic E-state index is 0.0443. The fraction of sp³-hybridized carbons (Fsp3) is 0.632. The molecule has 1 aliphatic carbocycles. The Morgan fingerprint density at radius 1 is 1.41 bits per heavy atom. The van der Waals surface area contributed by atoms with Crippen molar-refractivity contribution in [2.75, 3.05) is 26.8 Å². The van der Waals surface area contributed by atoms with E-state index in [-0.39, 0.29) is 11.9 Å². The summed E-state index contributed by atoms with van der Waals surface area (Å²) in [5, 5.41) is 13.4. The lowest BCUT2D eigenvalue weighted by Crippen LogP contribution is -2.46. The molecule has 2 atom stereocenters. The second-order valence-electron chi connectivity index (χ2n) is 7.12. The highest BCUT2D eigenvalue weighted by Crippen LogP contribution is 2.24. The quantitative estimate of drug-likeness (QED) is 0.707. The largest absolute Gasteiger partial charge is 0.419 e. The molecule has 0 spiro atoms. The molecule has 1 N–H and O–H groups in total. The lowest BCUT2D eigenvalue weighted by atomic mass is 9.86. The van der Waals surface area contributed by atoms with E-state index >= 15 is 0 Å². The maximum Gasteiger partial charge on any atom is 0.257 e. The molecule has 2 aromatic rings. The summed E-state index contributed by atoms with van der Waals surface area (Å²) in [6, 6.07) is 4.18. The van der Waals surface area contributed by atoms with Crippen LogP contribution >= 0.6 is 11.3 Å². The van der Waals surface area contributed by atoms with Crippen molar-refractivity contribution in [2.45, 2.75) is 45.2 Å². The molecule has 1 saturated carbocycles. The Balaban J connectivity index is 1.57. The van der Waals surface area contributed by atoms with Crippen LogP contribution in [0, 0.1) is 5.92 Å². The van der Waals surface area contributed by atoms with Crippen LogP contribution in [0.2, 0.25) is 0 Å². The predicted molar refractivity (Wildman–Crippen MR) is 104 cm³/mol. The molecule has 148 valence electrons. The number of carbonyl (C=O) groups excluding carboxylic acids is 1. The molecule has 7 nitrogen and oxygen atoms in total. The second-order valence-corrected chi connectivity index (χ2v) is 8.07. The molecular weight excluding hydrogens is 364 g/mol.